The van der Waals surface area contributed by atoms with Crippen LogP contribution < -0.4 is 0 Å². The SMILES string of the molecule is CCCC(C)(C)C(C)(C)CC.c1ccc2ncccc2c1. The largest absolute Gasteiger partial charge is 0.256 e. The second kappa shape index (κ2) is 7.59. The fourth-order valence-electron chi connectivity index (χ4n) is 2.46. The summed E-state index contributed by atoms with van der Waals surface area (Å²) in [5.74, 6) is 0. The number of para-hydroxylation sites is 1. The lowest BCUT2D eigenvalue weighted by molar-refractivity contribution is 0.0929. The van der Waals surface area contributed by atoms with Crippen LogP contribution in [0.5, 0.6) is 0 Å². The van der Waals surface area contributed by atoms with E-state index in [1.165, 1.54) is 24.6 Å². The Bertz CT molecular complexity index is 475. The van der Waals surface area contributed by atoms with E-state index in [2.05, 4.69) is 58.7 Å². The Morgan fingerprint density at radius 3 is 2.05 bits per heavy atom. The Morgan fingerprint density at radius 2 is 1.48 bits per heavy atom. The Hall–Kier alpha value is -1.37. The van der Waals surface area contributed by atoms with Crippen molar-refractivity contribution in [3.05, 3.63) is 42.6 Å². The van der Waals surface area contributed by atoms with Crippen molar-refractivity contribution in [2.45, 2.75) is 60.8 Å². The van der Waals surface area contributed by atoms with Crippen LogP contribution in [0.2, 0.25) is 0 Å². The van der Waals surface area contributed by atoms with Crippen molar-refractivity contribution in [2.75, 3.05) is 0 Å². The lowest BCUT2D eigenvalue weighted by atomic mass is 9.64. The van der Waals surface area contributed by atoms with Crippen molar-refractivity contribution in [3.8, 4) is 0 Å². The number of hydrogen-bond acceptors (Lipinski definition) is 1. The van der Waals surface area contributed by atoms with Gasteiger partial charge in [-0.05, 0) is 29.4 Å². The third-order valence-corrected chi connectivity index (χ3v) is 5.10. The molecule has 21 heavy (non-hydrogen) atoms. The van der Waals surface area contributed by atoms with Crippen LogP contribution in [0.1, 0.15) is 60.8 Å². The molecule has 0 aliphatic carbocycles. The molecule has 0 atom stereocenters. The van der Waals surface area contributed by atoms with Crippen molar-refractivity contribution in [1.82, 2.24) is 4.98 Å². The molecular formula is C20H31N. The average Bonchev–Trinajstić information content (AvgIpc) is 2.48. The molecule has 1 aromatic carbocycles. The third-order valence-electron chi connectivity index (χ3n) is 5.10. The smallest absolute Gasteiger partial charge is 0.0701 e. The third kappa shape index (κ3) is 4.84. The van der Waals surface area contributed by atoms with E-state index in [0.717, 1.165) is 5.52 Å². The normalized spacial score (nSPS) is 11.9. The monoisotopic (exact) mass is 285 g/mol. The maximum Gasteiger partial charge on any atom is 0.0701 e. The summed E-state index contributed by atoms with van der Waals surface area (Å²) in [4.78, 5) is 4.18. The Morgan fingerprint density at radius 1 is 0.857 bits per heavy atom. The molecule has 1 aromatic heterocycles. The van der Waals surface area contributed by atoms with E-state index in [1.807, 2.05) is 30.5 Å². The molecular weight excluding hydrogens is 254 g/mol. The Kier molecular flexibility index (Phi) is 6.39. The second-order valence-corrected chi connectivity index (χ2v) is 7.07. The van der Waals surface area contributed by atoms with Gasteiger partial charge in [-0.2, -0.15) is 0 Å². The highest BCUT2D eigenvalue weighted by Gasteiger charge is 2.33. The highest BCUT2D eigenvalue weighted by atomic mass is 14.6. The van der Waals surface area contributed by atoms with Gasteiger partial charge in [-0.3, -0.25) is 4.98 Å². The zero-order valence-electron chi connectivity index (χ0n) is 14.6. The van der Waals surface area contributed by atoms with Gasteiger partial charge < -0.3 is 0 Å². The van der Waals surface area contributed by atoms with Gasteiger partial charge in [0.05, 0.1) is 5.52 Å². The van der Waals surface area contributed by atoms with Crippen LogP contribution in [0.4, 0.5) is 0 Å². The van der Waals surface area contributed by atoms with Crippen molar-refractivity contribution >= 4 is 10.9 Å². The van der Waals surface area contributed by atoms with Gasteiger partial charge in [0.15, 0.2) is 0 Å². The molecule has 0 aliphatic rings. The molecule has 0 saturated heterocycles. The molecule has 0 saturated carbocycles. The van der Waals surface area contributed by atoms with E-state index in [4.69, 9.17) is 0 Å². The number of benzene rings is 1. The van der Waals surface area contributed by atoms with Gasteiger partial charge >= 0.3 is 0 Å². The molecule has 2 aromatic rings. The number of hydrogen-bond donors (Lipinski definition) is 0. The summed E-state index contributed by atoms with van der Waals surface area (Å²) in [6.07, 6.45) is 5.73. The van der Waals surface area contributed by atoms with Gasteiger partial charge in [0.2, 0.25) is 0 Å². The highest BCUT2D eigenvalue weighted by Crippen LogP contribution is 2.44. The van der Waals surface area contributed by atoms with Gasteiger partial charge in [-0.1, -0.05) is 78.6 Å². The minimum atomic E-state index is 0.489. The summed E-state index contributed by atoms with van der Waals surface area (Å²) in [6.45, 7) is 14.1. The quantitative estimate of drug-likeness (QED) is 0.626. The summed E-state index contributed by atoms with van der Waals surface area (Å²) < 4.78 is 0. The van der Waals surface area contributed by atoms with Crippen LogP contribution in [-0.4, -0.2) is 4.98 Å². The van der Waals surface area contributed by atoms with Crippen molar-refractivity contribution < 1.29 is 0 Å². The molecule has 0 N–H and O–H groups in total. The number of aromatic nitrogens is 1. The Labute approximate surface area is 130 Å². The molecule has 1 heteroatoms. The number of pyridine rings is 1. The predicted molar refractivity (Wildman–Crippen MR) is 94.5 cm³/mol. The molecule has 0 aliphatic heterocycles. The van der Waals surface area contributed by atoms with Gasteiger partial charge in [0.25, 0.3) is 0 Å². The molecule has 0 fully saturated rings. The van der Waals surface area contributed by atoms with Crippen LogP contribution in [0.15, 0.2) is 42.6 Å². The maximum absolute atomic E-state index is 4.18. The van der Waals surface area contributed by atoms with Crippen LogP contribution >= 0.6 is 0 Å². The van der Waals surface area contributed by atoms with Crippen LogP contribution in [-0.2, 0) is 0 Å². The Balaban J connectivity index is 0.000000210. The topological polar surface area (TPSA) is 12.9 Å². The summed E-state index contributed by atoms with van der Waals surface area (Å²) >= 11 is 0. The zero-order valence-corrected chi connectivity index (χ0v) is 14.6. The zero-order chi connectivity index (χ0) is 15.9. The first-order chi connectivity index (χ1) is 9.84. The van der Waals surface area contributed by atoms with E-state index in [1.54, 1.807) is 0 Å². The molecule has 2 rings (SSSR count). The van der Waals surface area contributed by atoms with E-state index >= 15 is 0 Å². The molecule has 1 heterocycles. The first kappa shape index (κ1) is 17.7. The standard InChI is InChI=1S/C11H24.C9H7N/c1-7-9-11(5,6)10(3,4)8-2;1-2-6-9-8(4-1)5-3-7-10-9/h7-9H2,1-6H3;1-7H. The maximum atomic E-state index is 4.18. The first-order valence-corrected chi connectivity index (χ1v) is 8.14. The second-order valence-electron chi connectivity index (χ2n) is 7.07. The van der Waals surface area contributed by atoms with E-state index in [9.17, 15) is 0 Å². The molecule has 0 amide bonds. The lowest BCUT2D eigenvalue weighted by Crippen LogP contribution is -2.31. The van der Waals surface area contributed by atoms with E-state index in [0.29, 0.717) is 10.8 Å². The fourth-order valence-corrected chi connectivity index (χ4v) is 2.46. The summed E-state index contributed by atoms with van der Waals surface area (Å²) in [6, 6.07) is 12.1. The van der Waals surface area contributed by atoms with Crippen molar-refractivity contribution in [2.24, 2.45) is 10.8 Å². The number of rotatable bonds is 4. The van der Waals surface area contributed by atoms with Crippen molar-refractivity contribution in [1.29, 1.82) is 0 Å². The van der Waals surface area contributed by atoms with Gasteiger partial charge in [0.1, 0.15) is 0 Å². The molecule has 116 valence electrons. The predicted octanol–water partition coefficient (Wildman–Crippen LogP) is 6.48. The fraction of sp³-hybridized carbons (Fsp3) is 0.550. The summed E-state index contributed by atoms with van der Waals surface area (Å²) in [5.41, 5.74) is 2.05. The molecule has 1 nitrogen and oxygen atoms in total. The number of nitrogens with zero attached hydrogens (tertiary/aromatic N) is 1. The first-order valence-electron chi connectivity index (χ1n) is 8.14. The highest BCUT2D eigenvalue weighted by molar-refractivity contribution is 5.77. The van der Waals surface area contributed by atoms with Gasteiger partial charge in [0, 0.05) is 11.6 Å². The van der Waals surface area contributed by atoms with E-state index in [-0.39, 0.29) is 0 Å². The lowest BCUT2D eigenvalue weighted by Gasteiger charge is -2.41. The summed E-state index contributed by atoms with van der Waals surface area (Å²) in [5, 5.41) is 1.20. The minimum Gasteiger partial charge on any atom is -0.256 e. The summed E-state index contributed by atoms with van der Waals surface area (Å²) in [7, 11) is 0. The average molecular weight is 285 g/mol. The van der Waals surface area contributed by atoms with Crippen LogP contribution in [0, 0.1) is 10.8 Å². The number of fused-ring (bicyclic) bond motifs is 1. The molecule has 0 unspecified atom stereocenters. The van der Waals surface area contributed by atoms with Crippen LogP contribution in [0.25, 0.3) is 10.9 Å². The molecule has 0 bridgehead atoms. The van der Waals surface area contributed by atoms with Crippen LogP contribution in [0.3, 0.4) is 0 Å². The minimum absolute atomic E-state index is 0.489. The van der Waals surface area contributed by atoms with E-state index < -0.39 is 0 Å². The van der Waals surface area contributed by atoms with Crippen molar-refractivity contribution in [3.63, 3.8) is 0 Å². The van der Waals surface area contributed by atoms with Gasteiger partial charge in [-0.15, -0.1) is 0 Å². The molecule has 0 radical (unpaired) electrons. The van der Waals surface area contributed by atoms with Gasteiger partial charge in [-0.25, -0.2) is 0 Å². The molecule has 0 spiro atoms.